The minimum Gasteiger partial charge on any atom is -0.488 e. The Hall–Kier alpha value is -2.92. The van der Waals surface area contributed by atoms with E-state index in [4.69, 9.17) is 4.74 Å². The van der Waals surface area contributed by atoms with Gasteiger partial charge < -0.3 is 10.1 Å². The molecule has 1 atom stereocenters. The van der Waals surface area contributed by atoms with Crippen molar-refractivity contribution in [2.75, 3.05) is 6.54 Å². The lowest BCUT2D eigenvalue weighted by atomic mass is 9.95. The average molecular weight is 420 g/mol. The van der Waals surface area contributed by atoms with E-state index in [1.165, 1.54) is 4.88 Å². The Morgan fingerprint density at radius 2 is 2.00 bits per heavy atom. The first kappa shape index (κ1) is 20.4. The molecular formula is C25H25NO3S. The molecule has 4 rings (SSSR count). The van der Waals surface area contributed by atoms with Gasteiger partial charge >= 0.3 is 0 Å². The fourth-order valence-corrected chi connectivity index (χ4v) is 4.59. The zero-order chi connectivity index (χ0) is 20.9. The van der Waals surface area contributed by atoms with E-state index in [0.717, 1.165) is 47.3 Å². The van der Waals surface area contributed by atoms with Crippen molar-refractivity contribution in [2.24, 2.45) is 0 Å². The standard InChI is InChI=1S/C25H25NO3S/c1-17(27)22-8-2-3-9-23(22)18-11-12-24-19(14-18)15-20(29-24)16-26-25(28)10-4-6-21-7-5-13-30-21/h2-3,5,7-9,11-14,20H,4,6,10,15-16H2,1H3,(H,26,28)/t20-/m1/s1. The van der Waals surface area contributed by atoms with Crippen LogP contribution in [0.1, 0.15) is 40.6 Å². The predicted molar refractivity (Wildman–Crippen MR) is 120 cm³/mol. The molecule has 0 radical (unpaired) electrons. The summed E-state index contributed by atoms with van der Waals surface area (Å²) in [4.78, 5) is 25.4. The van der Waals surface area contributed by atoms with Gasteiger partial charge in [-0.05, 0) is 60.0 Å². The van der Waals surface area contributed by atoms with Crippen molar-refractivity contribution >= 4 is 23.0 Å². The van der Waals surface area contributed by atoms with Gasteiger partial charge in [-0.1, -0.05) is 36.4 Å². The van der Waals surface area contributed by atoms with Gasteiger partial charge in [0.05, 0.1) is 6.54 Å². The molecule has 0 saturated carbocycles. The van der Waals surface area contributed by atoms with Crippen LogP contribution in [0.5, 0.6) is 5.75 Å². The van der Waals surface area contributed by atoms with Crippen LogP contribution >= 0.6 is 11.3 Å². The SMILES string of the molecule is CC(=O)c1ccccc1-c1ccc2c(c1)C[C@H](CNC(=O)CCCc1cccs1)O2. The summed E-state index contributed by atoms with van der Waals surface area (Å²) in [5.41, 5.74) is 3.79. The van der Waals surface area contributed by atoms with Crippen LogP contribution < -0.4 is 10.1 Å². The second-order valence-electron chi connectivity index (χ2n) is 7.61. The van der Waals surface area contributed by atoms with E-state index in [-0.39, 0.29) is 17.8 Å². The van der Waals surface area contributed by atoms with Crippen LogP contribution in [0.2, 0.25) is 0 Å². The first-order valence-corrected chi connectivity index (χ1v) is 11.2. The molecule has 1 amide bonds. The van der Waals surface area contributed by atoms with Crippen LogP contribution in [0.3, 0.4) is 0 Å². The molecule has 4 nitrogen and oxygen atoms in total. The fourth-order valence-electron chi connectivity index (χ4n) is 3.84. The second-order valence-corrected chi connectivity index (χ2v) is 8.64. The number of Topliss-reactive ketones (excluding diaryl/α,β-unsaturated/α-hetero) is 1. The number of aryl methyl sites for hydroxylation is 1. The van der Waals surface area contributed by atoms with E-state index in [2.05, 4.69) is 22.8 Å². The molecule has 1 aliphatic heterocycles. The van der Waals surface area contributed by atoms with Crippen LogP contribution in [-0.4, -0.2) is 24.3 Å². The van der Waals surface area contributed by atoms with Crippen molar-refractivity contribution in [2.45, 2.75) is 38.7 Å². The third-order valence-electron chi connectivity index (χ3n) is 5.35. The van der Waals surface area contributed by atoms with Gasteiger partial charge in [0.15, 0.2) is 5.78 Å². The smallest absolute Gasteiger partial charge is 0.220 e. The van der Waals surface area contributed by atoms with E-state index >= 15 is 0 Å². The van der Waals surface area contributed by atoms with Crippen LogP contribution in [0.4, 0.5) is 0 Å². The summed E-state index contributed by atoms with van der Waals surface area (Å²) in [6, 6.07) is 17.9. The van der Waals surface area contributed by atoms with Gasteiger partial charge in [-0.3, -0.25) is 9.59 Å². The number of benzene rings is 2. The highest BCUT2D eigenvalue weighted by Gasteiger charge is 2.24. The van der Waals surface area contributed by atoms with Crippen LogP contribution in [0.25, 0.3) is 11.1 Å². The van der Waals surface area contributed by atoms with E-state index in [1.54, 1.807) is 18.3 Å². The lowest BCUT2D eigenvalue weighted by Crippen LogP contribution is -2.34. The molecule has 5 heteroatoms. The van der Waals surface area contributed by atoms with Gasteiger partial charge in [0.25, 0.3) is 0 Å². The number of hydrogen-bond acceptors (Lipinski definition) is 4. The first-order chi connectivity index (χ1) is 14.6. The third kappa shape index (κ3) is 4.79. The van der Waals surface area contributed by atoms with Crippen LogP contribution in [0, 0.1) is 0 Å². The zero-order valence-electron chi connectivity index (χ0n) is 17.0. The van der Waals surface area contributed by atoms with Crippen molar-refractivity contribution in [1.29, 1.82) is 0 Å². The monoisotopic (exact) mass is 419 g/mol. The molecule has 3 aromatic rings. The summed E-state index contributed by atoms with van der Waals surface area (Å²) >= 11 is 1.73. The molecule has 0 saturated heterocycles. The molecule has 1 N–H and O–H groups in total. The zero-order valence-corrected chi connectivity index (χ0v) is 17.8. The lowest BCUT2D eigenvalue weighted by Gasteiger charge is -2.12. The van der Waals surface area contributed by atoms with Crippen molar-refractivity contribution in [3.8, 4) is 16.9 Å². The maximum absolute atomic E-state index is 12.1. The molecular weight excluding hydrogens is 394 g/mol. The number of nitrogens with one attached hydrogen (secondary N) is 1. The predicted octanol–water partition coefficient (Wildman–Crippen LogP) is 5.06. The lowest BCUT2D eigenvalue weighted by molar-refractivity contribution is -0.121. The number of ketones is 1. The Morgan fingerprint density at radius 3 is 2.80 bits per heavy atom. The number of fused-ring (bicyclic) bond motifs is 1. The van der Waals surface area contributed by atoms with Gasteiger partial charge in [-0.15, -0.1) is 11.3 Å². The highest BCUT2D eigenvalue weighted by atomic mass is 32.1. The Bertz CT molecular complexity index is 1040. The summed E-state index contributed by atoms with van der Waals surface area (Å²) in [7, 11) is 0. The first-order valence-electron chi connectivity index (χ1n) is 10.3. The largest absolute Gasteiger partial charge is 0.488 e. The summed E-state index contributed by atoms with van der Waals surface area (Å²) in [6.07, 6.45) is 3.03. The van der Waals surface area contributed by atoms with E-state index < -0.39 is 0 Å². The molecule has 1 aromatic heterocycles. The number of amides is 1. The summed E-state index contributed by atoms with van der Waals surface area (Å²) in [5, 5.41) is 5.07. The molecule has 0 fully saturated rings. The maximum atomic E-state index is 12.1. The minimum atomic E-state index is -0.0560. The minimum absolute atomic E-state index is 0.0560. The van der Waals surface area contributed by atoms with E-state index in [0.29, 0.717) is 13.0 Å². The Balaban J connectivity index is 1.32. The van der Waals surface area contributed by atoms with Gasteiger partial charge in [-0.2, -0.15) is 0 Å². The average Bonchev–Trinajstić information content (AvgIpc) is 3.41. The molecule has 154 valence electrons. The Morgan fingerprint density at radius 1 is 1.13 bits per heavy atom. The van der Waals surface area contributed by atoms with E-state index in [9.17, 15) is 9.59 Å². The number of thiophene rings is 1. The molecule has 0 spiro atoms. The van der Waals surface area contributed by atoms with E-state index in [1.807, 2.05) is 42.5 Å². The molecule has 0 bridgehead atoms. The van der Waals surface area contributed by atoms with Gasteiger partial charge in [-0.25, -0.2) is 0 Å². The van der Waals surface area contributed by atoms with Gasteiger partial charge in [0.2, 0.25) is 5.91 Å². The van der Waals surface area contributed by atoms with Gasteiger partial charge in [0.1, 0.15) is 11.9 Å². The molecule has 2 aromatic carbocycles. The molecule has 0 aliphatic carbocycles. The van der Waals surface area contributed by atoms with Crippen LogP contribution in [0.15, 0.2) is 60.0 Å². The number of carbonyl (C=O) groups is 2. The summed E-state index contributed by atoms with van der Waals surface area (Å²) in [6.45, 7) is 2.10. The number of rotatable bonds is 8. The van der Waals surface area contributed by atoms with Crippen molar-refractivity contribution in [3.63, 3.8) is 0 Å². The summed E-state index contributed by atoms with van der Waals surface area (Å²) < 4.78 is 6.01. The quantitative estimate of drug-likeness (QED) is 0.519. The van der Waals surface area contributed by atoms with Gasteiger partial charge in [0, 0.05) is 23.3 Å². The third-order valence-corrected chi connectivity index (χ3v) is 6.29. The second kappa shape index (κ2) is 9.26. The number of carbonyl (C=O) groups excluding carboxylic acids is 2. The fraction of sp³-hybridized carbons (Fsp3) is 0.280. The highest BCUT2D eigenvalue weighted by Crippen LogP contribution is 2.34. The van der Waals surface area contributed by atoms with Crippen LogP contribution in [-0.2, 0) is 17.6 Å². The summed E-state index contributed by atoms with van der Waals surface area (Å²) in [5.74, 6) is 0.986. The molecule has 2 heterocycles. The van der Waals surface area contributed by atoms with Crippen molar-refractivity contribution in [1.82, 2.24) is 5.32 Å². The molecule has 30 heavy (non-hydrogen) atoms. The topological polar surface area (TPSA) is 55.4 Å². The molecule has 1 aliphatic rings. The Labute approximate surface area is 180 Å². The van der Waals surface area contributed by atoms with Crippen molar-refractivity contribution in [3.05, 3.63) is 76.0 Å². The number of hydrogen-bond donors (Lipinski definition) is 1. The Kier molecular flexibility index (Phi) is 6.29. The number of ether oxygens (including phenoxy) is 1. The van der Waals surface area contributed by atoms with Crippen molar-refractivity contribution < 1.29 is 14.3 Å². The maximum Gasteiger partial charge on any atom is 0.220 e. The normalized spacial score (nSPS) is 14.8. The highest BCUT2D eigenvalue weighted by molar-refractivity contribution is 7.09. The molecule has 0 unspecified atom stereocenters.